The highest BCUT2D eigenvalue weighted by Gasteiger charge is 2.30. The molecule has 2 rings (SSSR count). The zero-order chi connectivity index (χ0) is 10.8. The molecule has 15 heavy (non-hydrogen) atoms. The minimum atomic E-state index is 0.0481. The Morgan fingerprint density at radius 3 is 3.07 bits per heavy atom. The number of hydrogen-bond acceptors (Lipinski definition) is 4. The first-order valence-electron chi connectivity index (χ1n) is 4.70. The third-order valence-electron chi connectivity index (χ3n) is 2.33. The maximum absolute atomic E-state index is 11.6. The van der Waals surface area contributed by atoms with Gasteiger partial charge in [0.15, 0.2) is 11.6 Å². The molecule has 0 aromatic carbocycles. The molecule has 0 spiro atoms. The molecule has 1 aromatic rings. The average molecular weight is 224 g/mol. The van der Waals surface area contributed by atoms with Gasteiger partial charge in [0.2, 0.25) is 5.91 Å². The third kappa shape index (κ3) is 1.92. The lowest BCUT2D eigenvalue weighted by atomic mass is 10.4. The summed E-state index contributed by atoms with van der Waals surface area (Å²) in [5.74, 6) is 1.25. The smallest absolute Gasteiger partial charge is 0.229 e. The van der Waals surface area contributed by atoms with Gasteiger partial charge in [0.05, 0.1) is 7.11 Å². The maximum Gasteiger partial charge on any atom is 0.229 e. The van der Waals surface area contributed by atoms with Crippen molar-refractivity contribution in [3.05, 3.63) is 18.3 Å². The number of pyridine rings is 1. The van der Waals surface area contributed by atoms with Gasteiger partial charge in [-0.25, -0.2) is 4.98 Å². The lowest BCUT2D eigenvalue weighted by Crippen LogP contribution is -2.26. The van der Waals surface area contributed by atoms with E-state index in [1.807, 2.05) is 0 Å². The summed E-state index contributed by atoms with van der Waals surface area (Å²) in [6, 6.07) is 3.57. The largest absolute Gasteiger partial charge is 0.493 e. The average Bonchev–Trinajstić information content (AvgIpc) is 2.57. The summed E-state index contributed by atoms with van der Waals surface area (Å²) in [6.07, 6.45) is 2.11. The van der Waals surface area contributed by atoms with Crippen LogP contribution in [-0.2, 0) is 4.79 Å². The van der Waals surface area contributed by atoms with Crippen molar-refractivity contribution in [3.8, 4) is 5.75 Å². The van der Waals surface area contributed by atoms with Gasteiger partial charge >= 0.3 is 0 Å². The predicted octanol–water partition coefficient (Wildman–Crippen LogP) is 1.13. The van der Waals surface area contributed by atoms with Crippen LogP contribution in [0.4, 0.5) is 5.82 Å². The van der Waals surface area contributed by atoms with Crippen LogP contribution in [-0.4, -0.2) is 29.8 Å². The molecule has 80 valence electrons. The molecule has 1 atom stereocenters. The summed E-state index contributed by atoms with van der Waals surface area (Å²) in [6.45, 7) is 0.593. The van der Waals surface area contributed by atoms with Gasteiger partial charge in [-0.05, 0) is 12.1 Å². The van der Waals surface area contributed by atoms with Crippen molar-refractivity contribution >= 4 is 24.4 Å². The van der Waals surface area contributed by atoms with Crippen LogP contribution in [0.25, 0.3) is 0 Å². The molecule has 0 radical (unpaired) electrons. The summed E-state index contributed by atoms with van der Waals surface area (Å²) in [7, 11) is 1.57. The van der Waals surface area contributed by atoms with Crippen LogP contribution >= 0.6 is 12.6 Å². The Morgan fingerprint density at radius 1 is 1.67 bits per heavy atom. The lowest BCUT2D eigenvalue weighted by Gasteiger charge is -2.17. The third-order valence-corrected chi connectivity index (χ3v) is 2.68. The molecule has 5 heteroatoms. The first-order valence-corrected chi connectivity index (χ1v) is 5.21. The molecule has 1 aliphatic heterocycles. The van der Waals surface area contributed by atoms with Gasteiger partial charge in [-0.3, -0.25) is 9.69 Å². The van der Waals surface area contributed by atoms with Crippen molar-refractivity contribution in [3.63, 3.8) is 0 Å². The van der Waals surface area contributed by atoms with Gasteiger partial charge in [0.1, 0.15) is 0 Å². The molecule has 4 nitrogen and oxygen atoms in total. The molecule has 2 heterocycles. The Kier molecular flexibility index (Phi) is 2.81. The van der Waals surface area contributed by atoms with Crippen molar-refractivity contribution in [1.82, 2.24) is 4.98 Å². The van der Waals surface area contributed by atoms with Crippen LogP contribution in [0, 0.1) is 0 Å². The van der Waals surface area contributed by atoms with E-state index < -0.39 is 0 Å². The Labute approximate surface area is 93.7 Å². The molecular weight excluding hydrogens is 212 g/mol. The standard InChI is InChI=1S/C10H12N2O2S/c1-14-8-3-2-4-11-10(8)12-6-7(15)5-9(12)13/h2-4,7,15H,5-6H2,1H3. The van der Waals surface area contributed by atoms with E-state index in [1.165, 1.54) is 0 Å². The first kappa shape index (κ1) is 10.3. The number of carbonyl (C=O) groups is 1. The predicted molar refractivity (Wildman–Crippen MR) is 60.5 cm³/mol. The highest BCUT2D eigenvalue weighted by Crippen LogP contribution is 2.29. The summed E-state index contributed by atoms with van der Waals surface area (Å²) in [5.41, 5.74) is 0. The SMILES string of the molecule is COc1cccnc1N1CC(S)CC1=O. The molecular formula is C10H12N2O2S. The van der Waals surface area contributed by atoms with Gasteiger partial charge in [-0.1, -0.05) is 0 Å². The van der Waals surface area contributed by atoms with Gasteiger partial charge < -0.3 is 4.74 Å². The molecule has 1 fully saturated rings. The zero-order valence-electron chi connectivity index (χ0n) is 8.38. The minimum Gasteiger partial charge on any atom is -0.493 e. The fraction of sp³-hybridized carbons (Fsp3) is 0.400. The number of amides is 1. The molecule has 0 N–H and O–H groups in total. The summed E-state index contributed by atoms with van der Waals surface area (Å²) in [5, 5.41) is 0.0872. The number of aromatic nitrogens is 1. The maximum atomic E-state index is 11.6. The fourth-order valence-corrected chi connectivity index (χ4v) is 1.96. The summed E-state index contributed by atoms with van der Waals surface area (Å²) in [4.78, 5) is 17.4. The summed E-state index contributed by atoms with van der Waals surface area (Å²) < 4.78 is 5.16. The van der Waals surface area contributed by atoms with E-state index in [-0.39, 0.29) is 11.2 Å². The van der Waals surface area contributed by atoms with Crippen molar-refractivity contribution in [2.45, 2.75) is 11.7 Å². The van der Waals surface area contributed by atoms with E-state index in [0.29, 0.717) is 24.5 Å². The van der Waals surface area contributed by atoms with Gasteiger partial charge in [-0.2, -0.15) is 12.6 Å². The highest BCUT2D eigenvalue weighted by atomic mass is 32.1. The Bertz CT molecular complexity index is 383. The molecule has 0 aliphatic carbocycles. The molecule has 1 aliphatic rings. The number of carbonyl (C=O) groups excluding carboxylic acids is 1. The molecule has 1 saturated heterocycles. The second-order valence-corrected chi connectivity index (χ2v) is 4.12. The zero-order valence-corrected chi connectivity index (χ0v) is 9.28. The monoisotopic (exact) mass is 224 g/mol. The van der Waals surface area contributed by atoms with Crippen LogP contribution in [0.2, 0.25) is 0 Å². The van der Waals surface area contributed by atoms with E-state index in [0.717, 1.165) is 0 Å². The molecule has 0 saturated carbocycles. The number of anilines is 1. The fourth-order valence-electron chi connectivity index (χ4n) is 1.64. The first-order chi connectivity index (χ1) is 7.22. The summed E-state index contributed by atoms with van der Waals surface area (Å²) >= 11 is 4.29. The number of ether oxygens (including phenoxy) is 1. The Morgan fingerprint density at radius 2 is 2.47 bits per heavy atom. The van der Waals surface area contributed by atoms with Gasteiger partial charge in [0, 0.05) is 24.4 Å². The second-order valence-electron chi connectivity index (χ2n) is 3.39. The molecule has 1 aromatic heterocycles. The second kappa shape index (κ2) is 4.10. The topological polar surface area (TPSA) is 42.4 Å². The van der Waals surface area contributed by atoms with Gasteiger partial charge in [0.25, 0.3) is 0 Å². The van der Waals surface area contributed by atoms with E-state index in [4.69, 9.17) is 4.74 Å². The number of rotatable bonds is 2. The quantitative estimate of drug-likeness (QED) is 0.766. The van der Waals surface area contributed by atoms with E-state index in [2.05, 4.69) is 17.6 Å². The normalized spacial score (nSPS) is 20.8. The van der Waals surface area contributed by atoms with Crippen LogP contribution in [0.1, 0.15) is 6.42 Å². The van der Waals surface area contributed by atoms with E-state index in [1.54, 1.807) is 30.3 Å². The number of thiol groups is 1. The van der Waals surface area contributed by atoms with Crippen LogP contribution in [0.3, 0.4) is 0 Å². The minimum absolute atomic E-state index is 0.0481. The highest BCUT2D eigenvalue weighted by molar-refractivity contribution is 7.81. The number of hydrogen-bond donors (Lipinski definition) is 1. The Hall–Kier alpha value is -1.23. The Balaban J connectivity index is 2.33. The van der Waals surface area contributed by atoms with Gasteiger partial charge in [-0.15, -0.1) is 0 Å². The van der Waals surface area contributed by atoms with Crippen molar-refractivity contribution in [1.29, 1.82) is 0 Å². The van der Waals surface area contributed by atoms with Crippen molar-refractivity contribution in [2.75, 3.05) is 18.6 Å². The number of nitrogens with zero attached hydrogens (tertiary/aromatic N) is 2. The van der Waals surface area contributed by atoms with Crippen LogP contribution in [0.15, 0.2) is 18.3 Å². The molecule has 1 amide bonds. The van der Waals surface area contributed by atoms with Crippen molar-refractivity contribution in [2.24, 2.45) is 0 Å². The van der Waals surface area contributed by atoms with Crippen molar-refractivity contribution < 1.29 is 9.53 Å². The van der Waals surface area contributed by atoms with E-state index >= 15 is 0 Å². The number of methoxy groups -OCH3 is 1. The van der Waals surface area contributed by atoms with E-state index in [9.17, 15) is 4.79 Å². The molecule has 1 unspecified atom stereocenters. The molecule has 0 bridgehead atoms. The van der Waals surface area contributed by atoms with Crippen LogP contribution < -0.4 is 9.64 Å². The lowest BCUT2D eigenvalue weighted by molar-refractivity contribution is -0.117. The van der Waals surface area contributed by atoms with Crippen LogP contribution in [0.5, 0.6) is 5.75 Å².